The Bertz CT molecular complexity index is 927. The fourth-order valence-electron chi connectivity index (χ4n) is 2.03. The molecule has 0 spiro atoms. The Morgan fingerprint density at radius 3 is 2.56 bits per heavy atom. The molecule has 2 amide bonds. The molecule has 8 heteroatoms. The van der Waals surface area contributed by atoms with Crippen LogP contribution in [-0.2, 0) is 4.79 Å². The minimum Gasteiger partial charge on any atom is -0.423 e. The minimum atomic E-state index is -0.591. The van der Waals surface area contributed by atoms with Crippen LogP contribution >= 0.6 is 35.0 Å². The second-order valence-electron chi connectivity index (χ2n) is 4.94. The van der Waals surface area contributed by atoms with Gasteiger partial charge in [-0.3, -0.25) is 14.9 Å². The topological polar surface area (TPSA) is 72.5 Å². The maximum absolute atomic E-state index is 12.2. The van der Waals surface area contributed by atoms with Crippen molar-refractivity contribution in [2.24, 2.45) is 0 Å². The van der Waals surface area contributed by atoms with Crippen molar-refractivity contribution in [3.05, 3.63) is 68.5 Å². The molecule has 0 radical (unpaired) electrons. The summed E-state index contributed by atoms with van der Waals surface area (Å²) < 4.78 is 5.30. The lowest BCUT2D eigenvalue weighted by molar-refractivity contribution is -0.115. The zero-order chi connectivity index (χ0) is 18.0. The Hall–Kier alpha value is -2.28. The number of hydrogen-bond donors (Lipinski definition) is 1. The number of nitrogens with one attached hydrogen (secondary N) is 1. The van der Waals surface area contributed by atoms with E-state index in [9.17, 15) is 14.4 Å². The summed E-state index contributed by atoms with van der Waals surface area (Å²) in [5.74, 6) is -0.750. The quantitative estimate of drug-likeness (QED) is 0.470. The SMILES string of the molecule is O=C1NC(=O)C(=Cc2cccc(OC(=O)c3ccc(Cl)c(Cl)c3)c2)S1. The number of thioether (sulfide) groups is 1. The molecule has 3 rings (SSSR count). The Morgan fingerprint density at radius 1 is 1.08 bits per heavy atom. The van der Waals surface area contributed by atoms with Crippen molar-refractivity contribution < 1.29 is 19.1 Å². The first-order valence-electron chi connectivity index (χ1n) is 6.94. The molecule has 1 aliphatic rings. The number of benzene rings is 2. The van der Waals surface area contributed by atoms with E-state index in [1.54, 1.807) is 30.3 Å². The van der Waals surface area contributed by atoms with Gasteiger partial charge in [-0.2, -0.15) is 0 Å². The number of rotatable bonds is 3. The van der Waals surface area contributed by atoms with Crippen LogP contribution in [0.4, 0.5) is 4.79 Å². The number of esters is 1. The molecular formula is C17H9Cl2NO4S. The number of halogens is 2. The van der Waals surface area contributed by atoms with Crippen LogP contribution in [0.5, 0.6) is 5.75 Å². The van der Waals surface area contributed by atoms with Gasteiger partial charge in [0.05, 0.1) is 20.5 Å². The Balaban J connectivity index is 1.79. The first kappa shape index (κ1) is 17.5. The van der Waals surface area contributed by atoms with E-state index in [1.807, 2.05) is 0 Å². The zero-order valence-corrected chi connectivity index (χ0v) is 14.7. The highest BCUT2D eigenvalue weighted by molar-refractivity contribution is 8.18. The van der Waals surface area contributed by atoms with E-state index in [-0.39, 0.29) is 15.5 Å². The summed E-state index contributed by atoms with van der Waals surface area (Å²) in [4.78, 5) is 35.2. The average Bonchev–Trinajstić information content (AvgIpc) is 2.87. The van der Waals surface area contributed by atoms with Gasteiger partial charge in [0.15, 0.2) is 0 Å². The maximum atomic E-state index is 12.2. The lowest BCUT2D eigenvalue weighted by Gasteiger charge is -2.06. The molecule has 1 heterocycles. The summed E-state index contributed by atoms with van der Waals surface area (Å²) in [7, 11) is 0. The third kappa shape index (κ3) is 4.22. The van der Waals surface area contributed by atoms with Crippen molar-refractivity contribution >= 4 is 58.2 Å². The number of carbonyl (C=O) groups is 3. The Morgan fingerprint density at radius 2 is 1.88 bits per heavy atom. The minimum absolute atomic E-state index is 0.253. The van der Waals surface area contributed by atoms with E-state index in [0.717, 1.165) is 11.8 Å². The van der Waals surface area contributed by atoms with Crippen LogP contribution in [0.15, 0.2) is 47.4 Å². The summed E-state index contributed by atoms with van der Waals surface area (Å²) >= 11 is 12.5. The first-order chi connectivity index (χ1) is 11.9. The van der Waals surface area contributed by atoms with Crippen molar-refractivity contribution in [2.45, 2.75) is 0 Å². The van der Waals surface area contributed by atoms with E-state index in [4.69, 9.17) is 27.9 Å². The molecule has 1 aliphatic heterocycles. The van der Waals surface area contributed by atoms with Gasteiger partial charge in [0.1, 0.15) is 5.75 Å². The van der Waals surface area contributed by atoms with Gasteiger partial charge in [-0.1, -0.05) is 35.3 Å². The van der Waals surface area contributed by atoms with Crippen LogP contribution < -0.4 is 10.1 Å². The van der Waals surface area contributed by atoms with Gasteiger partial charge in [-0.15, -0.1) is 0 Å². The van der Waals surface area contributed by atoms with Crippen molar-refractivity contribution in [1.29, 1.82) is 0 Å². The number of carbonyl (C=O) groups excluding carboxylic acids is 3. The van der Waals surface area contributed by atoms with Crippen molar-refractivity contribution in [2.75, 3.05) is 0 Å². The second-order valence-corrected chi connectivity index (χ2v) is 6.77. The van der Waals surface area contributed by atoms with Gasteiger partial charge in [0.25, 0.3) is 11.1 Å². The summed E-state index contributed by atoms with van der Waals surface area (Å²) in [5.41, 5.74) is 0.876. The summed E-state index contributed by atoms with van der Waals surface area (Å²) in [6.45, 7) is 0. The number of imide groups is 1. The second kappa shape index (κ2) is 7.31. The van der Waals surface area contributed by atoms with E-state index in [0.29, 0.717) is 16.3 Å². The zero-order valence-electron chi connectivity index (χ0n) is 12.4. The predicted octanol–water partition coefficient (Wildman–Crippen LogP) is 4.54. The standard InChI is InChI=1S/C17H9Cl2NO4S/c18-12-5-4-10(8-13(12)19)16(22)24-11-3-1-2-9(6-11)7-14-15(21)20-17(23)25-14/h1-8H,(H,20,21,23). The van der Waals surface area contributed by atoms with Gasteiger partial charge < -0.3 is 4.74 Å². The first-order valence-corrected chi connectivity index (χ1v) is 8.52. The molecule has 0 bridgehead atoms. The van der Waals surface area contributed by atoms with Gasteiger partial charge in [-0.05, 0) is 53.7 Å². The molecule has 0 saturated carbocycles. The molecule has 2 aromatic carbocycles. The number of amides is 2. The molecule has 0 unspecified atom stereocenters. The fraction of sp³-hybridized carbons (Fsp3) is 0. The molecule has 0 aromatic heterocycles. The molecule has 25 heavy (non-hydrogen) atoms. The molecule has 1 fully saturated rings. The third-order valence-electron chi connectivity index (χ3n) is 3.16. The average molecular weight is 394 g/mol. The van der Waals surface area contributed by atoms with Crippen LogP contribution in [0.2, 0.25) is 10.0 Å². The monoisotopic (exact) mass is 393 g/mol. The van der Waals surface area contributed by atoms with Crippen LogP contribution in [0.25, 0.3) is 6.08 Å². The number of hydrogen-bond acceptors (Lipinski definition) is 5. The molecule has 0 atom stereocenters. The van der Waals surface area contributed by atoms with Gasteiger partial charge in [0.2, 0.25) is 0 Å². The smallest absolute Gasteiger partial charge is 0.343 e. The molecule has 126 valence electrons. The Kier molecular flexibility index (Phi) is 5.13. The summed E-state index contributed by atoms with van der Waals surface area (Å²) in [6.07, 6.45) is 1.54. The molecular weight excluding hydrogens is 385 g/mol. The Labute approximate surface area is 156 Å². The van der Waals surface area contributed by atoms with Crippen molar-refractivity contribution in [3.8, 4) is 5.75 Å². The van der Waals surface area contributed by atoms with E-state index >= 15 is 0 Å². The molecule has 1 saturated heterocycles. The van der Waals surface area contributed by atoms with E-state index in [1.165, 1.54) is 18.2 Å². The molecule has 5 nitrogen and oxygen atoms in total. The van der Waals surface area contributed by atoms with Gasteiger partial charge >= 0.3 is 5.97 Å². The third-order valence-corrected chi connectivity index (χ3v) is 4.71. The van der Waals surface area contributed by atoms with Gasteiger partial charge in [-0.25, -0.2) is 4.79 Å². The van der Waals surface area contributed by atoms with E-state index in [2.05, 4.69) is 5.32 Å². The lowest BCUT2D eigenvalue weighted by atomic mass is 10.2. The summed E-state index contributed by atoms with van der Waals surface area (Å²) in [5, 5.41) is 2.35. The maximum Gasteiger partial charge on any atom is 0.343 e. The lowest BCUT2D eigenvalue weighted by Crippen LogP contribution is -2.17. The molecule has 2 aromatic rings. The van der Waals surface area contributed by atoms with Crippen molar-refractivity contribution in [3.63, 3.8) is 0 Å². The molecule has 0 aliphatic carbocycles. The van der Waals surface area contributed by atoms with Crippen molar-refractivity contribution in [1.82, 2.24) is 5.32 Å². The highest BCUT2D eigenvalue weighted by Gasteiger charge is 2.24. The largest absolute Gasteiger partial charge is 0.423 e. The van der Waals surface area contributed by atoms with Crippen LogP contribution in [0.1, 0.15) is 15.9 Å². The van der Waals surface area contributed by atoms with Crippen LogP contribution in [0, 0.1) is 0 Å². The summed E-state index contributed by atoms with van der Waals surface area (Å²) in [6, 6.07) is 11.0. The van der Waals surface area contributed by atoms with E-state index < -0.39 is 17.1 Å². The fourth-order valence-corrected chi connectivity index (χ4v) is 3.01. The number of ether oxygens (including phenoxy) is 1. The highest BCUT2D eigenvalue weighted by Crippen LogP contribution is 2.27. The molecule has 1 N–H and O–H groups in total. The van der Waals surface area contributed by atoms with Crippen LogP contribution in [0.3, 0.4) is 0 Å². The normalized spacial score (nSPS) is 15.4. The predicted molar refractivity (Wildman–Crippen MR) is 97.0 cm³/mol. The van der Waals surface area contributed by atoms with Crippen LogP contribution in [-0.4, -0.2) is 17.1 Å². The van der Waals surface area contributed by atoms with Gasteiger partial charge in [0, 0.05) is 0 Å². The highest BCUT2D eigenvalue weighted by atomic mass is 35.5.